The van der Waals surface area contributed by atoms with Gasteiger partial charge in [0.1, 0.15) is 0 Å². The Kier molecular flexibility index (Phi) is 7.28. The van der Waals surface area contributed by atoms with Crippen LogP contribution in [0.25, 0.3) is 0 Å². The van der Waals surface area contributed by atoms with E-state index in [4.69, 9.17) is 0 Å². The van der Waals surface area contributed by atoms with E-state index in [1.807, 2.05) is 26.0 Å². The van der Waals surface area contributed by atoms with Crippen LogP contribution in [-0.4, -0.2) is 0 Å². The fourth-order valence-corrected chi connectivity index (χ4v) is 1.40. The van der Waals surface area contributed by atoms with Crippen molar-refractivity contribution in [2.24, 2.45) is 0 Å². The summed E-state index contributed by atoms with van der Waals surface area (Å²) < 4.78 is 0. The van der Waals surface area contributed by atoms with E-state index >= 15 is 0 Å². The fraction of sp³-hybridized carbons (Fsp3) is 0.375. The lowest BCUT2D eigenvalue weighted by Gasteiger charge is -2.11. The zero-order valence-electron chi connectivity index (χ0n) is 11.0. The van der Waals surface area contributed by atoms with Crippen LogP contribution in [0.2, 0.25) is 0 Å². The number of hydrogen-bond donors (Lipinski definition) is 0. The third kappa shape index (κ3) is 4.06. The van der Waals surface area contributed by atoms with Gasteiger partial charge in [0, 0.05) is 0 Å². The van der Waals surface area contributed by atoms with Crippen molar-refractivity contribution < 1.29 is 0 Å². The molecule has 0 radical (unpaired) electrons. The summed E-state index contributed by atoms with van der Waals surface area (Å²) in [4.78, 5) is 0. The van der Waals surface area contributed by atoms with Gasteiger partial charge in [0.2, 0.25) is 0 Å². The first-order valence-electron chi connectivity index (χ1n) is 6.04. The van der Waals surface area contributed by atoms with Gasteiger partial charge in [-0.05, 0) is 23.0 Å². The van der Waals surface area contributed by atoms with Gasteiger partial charge in [-0.2, -0.15) is 0 Å². The second-order valence-electron chi connectivity index (χ2n) is 3.72. The van der Waals surface area contributed by atoms with Crippen molar-refractivity contribution >= 4 is 0 Å². The van der Waals surface area contributed by atoms with Gasteiger partial charge in [0.05, 0.1) is 0 Å². The smallest absolute Gasteiger partial charge is 0.00130 e. The molecule has 2 unspecified atom stereocenters. The molecule has 0 fully saturated rings. The van der Waals surface area contributed by atoms with Crippen molar-refractivity contribution in [3.63, 3.8) is 0 Å². The van der Waals surface area contributed by atoms with Gasteiger partial charge in [-0.25, -0.2) is 0 Å². The molecule has 0 heterocycles. The minimum Gasteiger partial charge on any atom is -0.102 e. The average molecular weight is 216 g/mol. The molecule has 0 aromatic heterocycles. The number of hydrogen-bond acceptors (Lipinski definition) is 0. The van der Waals surface area contributed by atoms with Crippen LogP contribution in [0.4, 0.5) is 0 Å². The zero-order chi connectivity index (χ0) is 12.6. The molecule has 1 aromatic carbocycles. The van der Waals surface area contributed by atoms with Crippen molar-refractivity contribution in [1.29, 1.82) is 0 Å². The maximum atomic E-state index is 3.81. The first kappa shape index (κ1) is 14.7. The Morgan fingerprint density at radius 3 is 1.62 bits per heavy atom. The molecule has 0 spiro atoms. The van der Waals surface area contributed by atoms with E-state index in [9.17, 15) is 0 Å². The van der Waals surface area contributed by atoms with E-state index in [1.54, 1.807) is 0 Å². The Bertz CT molecular complexity index is 293. The van der Waals surface area contributed by atoms with E-state index < -0.39 is 0 Å². The molecule has 88 valence electrons. The predicted molar refractivity (Wildman–Crippen MR) is 75.0 cm³/mol. The largest absolute Gasteiger partial charge is 0.102 e. The third-order valence-electron chi connectivity index (χ3n) is 2.67. The van der Waals surface area contributed by atoms with Gasteiger partial charge in [-0.15, -0.1) is 13.2 Å². The van der Waals surface area contributed by atoms with Crippen LogP contribution >= 0.6 is 0 Å². The quantitative estimate of drug-likeness (QED) is 0.600. The Balaban J connectivity index is 0.00000106. The molecule has 2 atom stereocenters. The first-order chi connectivity index (χ1) is 7.69. The lowest BCUT2D eigenvalue weighted by molar-refractivity contribution is 0.931. The molecule has 1 rings (SSSR count). The molecule has 1 aromatic rings. The molecule has 0 aliphatic rings. The highest BCUT2D eigenvalue weighted by Crippen LogP contribution is 2.22. The molecule has 16 heavy (non-hydrogen) atoms. The summed E-state index contributed by atoms with van der Waals surface area (Å²) in [5, 5.41) is 0. The van der Waals surface area contributed by atoms with Crippen molar-refractivity contribution in [1.82, 2.24) is 0 Å². The maximum Gasteiger partial charge on any atom is -0.00130 e. The molecule has 0 heteroatoms. The summed E-state index contributed by atoms with van der Waals surface area (Å²) in [6.45, 7) is 15.9. The van der Waals surface area contributed by atoms with Crippen molar-refractivity contribution in [3.8, 4) is 0 Å². The molecular weight excluding hydrogens is 192 g/mol. The first-order valence-corrected chi connectivity index (χ1v) is 6.04. The van der Waals surface area contributed by atoms with Crippen molar-refractivity contribution in [2.45, 2.75) is 39.5 Å². The highest BCUT2D eigenvalue weighted by Gasteiger charge is 2.04. The number of rotatable bonds is 4. The van der Waals surface area contributed by atoms with Gasteiger partial charge >= 0.3 is 0 Å². The standard InChI is InChI=1S/C14H18.C2H6/c1-5-11(3)13-8-7-9-14(10-13)12(4)6-2;1-2/h5-12H,1-2H2,3-4H3;1-2H3. The van der Waals surface area contributed by atoms with Gasteiger partial charge in [-0.1, -0.05) is 64.1 Å². The molecule has 0 nitrogen and oxygen atoms in total. The maximum absolute atomic E-state index is 3.81. The molecule has 0 aliphatic heterocycles. The normalized spacial score (nSPS) is 13.0. The van der Waals surface area contributed by atoms with Crippen LogP contribution in [-0.2, 0) is 0 Å². The van der Waals surface area contributed by atoms with E-state index in [1.165, 1.54) is 11.1 Å². The minimum absolute atomic E-state index is 0.423. The van der Waals surface area contributed by atoms with Gasteiger partial charge < -0.3 is 0 Å². The summed E-state index contributed by atoms with van der Waals surface area (Å²) in [7, 11) is 0. The van der Waals surface area contributed by atoms with Gasteiger partial charge in [0.25, 0.3) is 0 Å². The molecule has 0 aliphatic carbocycles. The Morgan fingerprint density at radius 1 is 0.938 bits per heavy atom. The monoisotopic (exact) mass is 216 g/mol. The molecule has 0 amide bonds. The van der Waals surface area contributed by atoms with Crippen LogP contribution in [0.1, 0.15) is 50.7 Å². The molecule has 0 N–H and O–H groups in total. The van der Waals surface area contributed by atoms with E-state index in [-0.39, 0.29) is 0 Å². The highest BCUT2D eigenvalue weighted by molar-refractivity contribution is 5.31. The molecule has 0 bridgehead atoms. The summed E-state index contributed by atoms with van der Waals surface area (Å²) in [5.41, 5.74) is 2.65. The van der Waals surface area contributed by atoms with Crippen molar-refractivity contribution in [2.75, 3.05) is 0 Å². The van der Waals surface area contributed by atoms with Crippen LogP contribution in [0.15, 0.2) is 49.6 Å². The Labute approximate surface area is 101 Å². The second-order valence-corrected chi connectivity index (χ2v) is 3.72. The summed E-state index contributed by atoms with van der Waals surface area (Å²) in [6.07, 6.45) is 3.94. The third-order valence-corrected chi connectivity index (χ3v) is 2.67. The lowest BCUT2D eigenvalue weighted by Crippen LogP contribution is -1.93. The van der Waals surface area contributed by atoms with Crippen molar-refractivity contribution in [3.05, 3.63) is 60.7 Å². The fourth-order valence-electron chi connectivity index (χ4n) is 1.40. The highest BCUT2D eigenvalue weighted by atomic mass is 14.1. The van der Waals surface area contributed by atoms with Crippen LogP contribution in [0, 0.1) is 0 Å². The van der Waals surface area contributed by atoms with E-state index in [2.05, 4.69) is 51.3 Å². The Morgan fingerprint density at radius 2 is 1.31 bits per heavy atom. The van der Waals surface area contributed by atoms with Crippen LogP contribution in [0.5, 0.6) is 0 Å². The Hall–Kier alpha value is -1.30. The average Bonchev–Trinajstić information content (AvgIpc) is 2.39. The summed E-state index contributed by atoms with van der Waals surface area (Å²) >= 11 is 0. The number of allylic oxidation sites excluding steroid dienone is 2. The summed E-state index contributed by atoms with van der Waals surface area (Å²) in [5.74, 6) is 0.846. The lowest BCUT2D eigenvalue weighted by atomic mass is 9.94. The van der Waals surface area contributed by atoms with E-state index in [0.29, 0.717) is 11.8 Å². The van der Waals surface area contributed by atoms with E-state index in [0.717, 1.165) is 0 Å². The van der Waals surface area contributed by atoms with Crippen LogP contribution in [0.3, 0.4) is 0 Å². The van der Waals surface area contributed by atoms with Gasteiger partial charge in [0.15, 0.2) is 0 Å². The molecule has 0 saturated heterocycles. The van der Waals surface area contributed by atoms with Crippen LogP contribution < -0.4 is 0 Å². The predicted octanol–water partition coefficient (Wildman–Crippen LogP) is 5.29. The number of benzene rings is 1. The zero-order valence-corrected chi connectivity index (χ0v) is 11.0. The molecular formula is C16H24. The molecule has 0 saturated carbocycles. The summed E-state index contributed by atoms with van der Waals surface area (Å²) in [6, 6.07) is 8.63. The SMILES string of the molecule is C=CC(C)c1cccc(C(C)C=C)c1.CC. The minimum atomic E-state index is 0.423. The second kappa shape index (κ2) is 7.92. The van der Waals surface area contributed by atoms with Gasteiger partial charge in [-0.3, -0.25) is 0 Å². The topological polar surface area (TPSA) is 0 Å².